The second-order valence-corrected chi connectivity index (χ2v) is 9.35. The van der Waals surface area contributed by atoms with E-state index in [0.717, 1.165) is 6.26 Å². The van der Waals surface area contributed by atoms with Gasteiger partial charge in [-0.2, -0.15) is 0 Å². The van der Waals surface area contributed by atoms with Crippen molar-refractivity contribution in [3.63, 3.8) is 0 Å². The Labute approximate surface area is 128 Å². The quantitative estimate of drug-likeness (QED) is 0.678. The van der Waals surface area contributed by atoms with Gasteiger partial charge in [0.25, 0.3) is 0 Å². The number of hydrogen-bond acceptors (Lipinski definition) is 6. The first kappa shape index (κ1) is 17.9. The van der Waals surface area contributed by atoms with Gasteiger partial charge in [-0.1, -0.05) is 11.6 Å². The van der Waals surface area contributed by atoms with Gasteiger partial charge < -0.3 is 4.74 Å². The summed E-state index contributed by atoms with van der Waals surface area (Å²) in [6.45, 7) is 0. The largest absolute Gasteiger partial charge is 0.495 e. The van der Waals surface area contributed by atoms with E-state index in [1.54, 1.807) is 0 Å². The fourth-order valence-corrected chi connectivity index (χ4v) is 4.67. The molecule has 0 heterocycles. The molecular formula is C12H15ClO6S2. The van der Waals surface area contributed by atoms with Crippen LogP contribution in [0.15, 0.2) is 18.2 Å². The van der Waals surface area contributed by atoms with Gasteiger partial charge in [0.05, 0.1) is 23.6 Å². The summed E-state index contributed by atoms with van der Waals surface area (Å²) < 4.78 is 50.3. The third kappa shape index (κ3) is 6.03. The SMILES string of the molecule is COc1ccc(C(=O)CS(=O)(=O)CCS(C)(=O)=O)cc1Cl. The topological polar surface area (TPSA) is 94.6 Å². The summed E-state index contributed by atoms with van der Waals surface area (Å²) in [6.07, 6.45) is 0.938. The van der Waals surface area contributed by atoms with Gasteiger partial charge in [-0.25, -0.2) is 16.8 Å². The Balaban J connectivity index is 2.83. The first-order valence-corrected chi connectivity index (χ1v) is 10.0. The van der Waals surface area contributed by atoms with E-state index < -0.39 is 42.7 Å². The molecular weight excluding hydrogens is 340 g/mol. The van der Waals surface area contributed by atoms with Crippen LogP contribution < -0.4 is 4.74 Å². The fraction of sp³-hybridized carbons (Fsp3) is 0.417. The predicted octanol–water partition coefficient (Wildman–Crippen LogP) is 0.991. The molecule has 0 aliphatic carbocycles. The average Bonchev–Trinajstić information content (AvgIpc) is 2.35. The zero-order chi connectivity index (χ0) is 16.3. The van der Waals surface area contributed by atoms with Crippen LogP contribution in [0.2, 0.25) is 5.02 Å². The van der Waals surface area contributed by atoms with Crippen LogP contribution in [0.3, 0.4) is 0 Å². The van der Waals surface area contributed by atoms with Crippen molar-refractivity contribution >= 4 is 37.1 Å². The van der Waals surface area contributed by atoms with Crippen molar-refractivity contribution in [3.8, 4) is 5.75 Å². The summed E-state index contributed by atoms with van der Waals surface area (Å²) in [6, 6.07) is 4.17. The molecule has 0 aromatic heterocycles. The highest BCUT2D eigenvalue weighted by Gasteiger charge is 2.20. The Morgan fingerprint density at radius 3 is 2.29 bits per heavy atom. The molecule has 9 heteroatoms. The van der Waals surface area contributed by atoms with E-state index in [1.807, 2.05) is 0 Å². The van der Waals surface area contributed by atoms with Crippen LogP contribution in [0, 0.1) is 0 Å². The van der Waals surface area contributed by atoms with Crippen molar-refractivity contribution in [2.45, 2.75) is 0 Å². The third-order valence-electron chi connectivity index (χ3n) is 2.59. The third-order valence-corrected chi connectivity index (χ3v) is 5.62. The van der Waals surface area contributed by atoms with Gasteiger partial charge in [0, 0.05) is 11.8 Å². The summed E-state index contributed by atoms with van der Waals surface area (Å²) in [5.74, 6) is -2.13. The van der Waals surface area contributed by atoms with Crippen LogP contribution in [-0.2, 0) is 19.7 Å². The normalized spacial score (nSPS) is 12.1. The molecule has 0 spiro atoms. The molecule has 1 rings (SSSR count). The maximum absolute atomic E-state index is 11.9. The van der Waals surface area contributed by atoms with Gasteiger partial charge in [0.2, 0.25) is 0 Å². The summed E-state index contributed by atoms with van der Waals surface area (Å²) in [5, 5.41) is 0.192. The fourth-order valence-electron chi connectivity index (χ4n) is 1.47. The van der Waals surface area contributed by atoms with Crippen molar-refractivity contribution in [1.82, 2.24) is 0 Å². The number of benzene rings is 1. The highest BCUT2D eigenvalue weighted by molar-refractivity contribution is 7.95. The Kier molecular flexibility index (Phi) is 5.77. The number of methoxy groups -OCH3 is 1. The Morgan fingerprint density at radius 1 is 1.19 bits per heavy atom. The number of ketones is 1. The number of hydrogen-bond donors (Lipinski definition) is 0. The molecule has 6 nitrogen and oxygen atoms in total. The number of Topliss-reactive ketones (excluding diaryl/α,β-unsaturated/α-hetero) is 1. The van der Waals surface area contributed by atoms with E-state index in [2.05, 4.69) is 0 Å². The molecule has 0 bridgehead atoms. The van der Waals surface area contributed by atoms with Gasteiger partial charge in [0.1, 0.15) is 21.3 Å². The lowest BCUT2D eigenvalue weighted by Crippen LogP contribution is -2.23. The lowest BCUT2D eigenvalue weighted by molar-refractivity contribution is 0.102. The number of carbonyl (C=O) groups excluding carboxylic acids is 1. The van der Waals surface area contributed by atoms with Crippen molar-refractivity contribution in [2.75, 3.05) is 30.6 Å². The summed E-state index contributed by atoms with van der Waals surface area (Å²) in [4.78, 5) is 11.9. The van der Waals surface area contributed by atoms with Crippen molar-refractivity contribution in [2.24, 2.45) is 0 Å². The maximum Gasteiger partial charge on any atom is 0.177 e. The molecule has 0 aliphatic heterocycles. The van der Waals surface area contributed by atoms with E-state index in [9.17, 15) is 21.6 Å². The second kappa shape index (κ2) is 6.76. The Morgan fingerprint density at radius 2 is 1.81 bits per heavy atom. The zero-order valence-corrected chi connectivity index (χ0v) is 13.9. The second-order valence-electron chi connectivity index (χ2n) is 4.49. The molecule has 1 aromatic carbocycles. The predicted molar refractivity (Wildman–Crippen MR) is 80.7 cm³/mol. The van der Waals surface area contributed by atoms with Crippen LogP contribution >= 0.6 is 11.6 Å². The minimum Gasteiger partial charge on any atom is -0.495 e. The molecule has 0 aliphatic rings. The van der Waals surface area contributed by atoms with Crippen molar-refractivity contribution < 1.29 is 26.4 Å². The van der Waals surface area contributed by atoms with Crippen molar-refractivity contribution in [3.05, 3.63) is 28.8 Å². The van der Waals surface area contributed by atoms with Crippen LogP contribution in [0.1, 0.15) is 10.4 Å². The van der Waals surface area contributed by atoms with Gasteiger partial charge >= 0.3 is 0 Å². The molecule has 1 aromatic rings. The smallest absolute Gasteiger partial charge is 0.177 e. The lowest BCUT2D eigenvalue weighted by atomic mass is 10.1. The molecule has 0 N–H and O–H groups in total. The molecule has 0 saturated carbocycles. The van der Waals surface area contributed by atoms with Crippen molar-refractivity contribution in [1.29, 1.82) is 0 Å². The highest BCUT2D eigenvalue weighted by atomic mass is 35.5. The minimum atomic E-state index is -3.79. The van der Waals surface area contributed by atoms with Crippen LogP contribution in [0.4, 0.5) is 0 Å². The Bertz CT molecular complexity index is 737. The van der Waals surface area contributed by atoms with Crippen LogP contribution in [0.5, 0.6) is 5.75 Å². The number of halogens is 1. The zero-order valence-electron chi connectivity index (χ0n) is 11.5. The van der Waals surface area contributed by atoms with Gasteiger partial charge in [-0.15, -0.1) is 0 Å². The lowest BCUT2D eigenvalue weighted by Gasteiger charge is -2.06. The standard InChI is InChI=1S/C12H15ClO6S2/c1-19-12-4-3-9(7-10(12)13)11(14)8-21(17,18)6-5-20(2,15)16/h3-4,7H,5-6,8H2,1-2H3. The molecule has 21 heavy (non-hydrogen) atoms. The highest BCUT2D eigenvalue weighted by Crippen LogP contribution is 2.25. The number of ether oxygens (including phenoxy) is 1. The van der Waals surface area contributed by atoms with Gasteiger partial charge in [-0.3, -0.25) is 4.79 Å². The number of rotatable bonds is 7. The summed E-state index contributed by atoms with van der Waals surface area (Å²) >= 11 is 5.86. The van der Waals surface area contributed by atoms with Crippen LogP contribution in [-0.4, -0.2) is 53.2 Å². The van der Waals surface area contributed by atoms with E-state index in [4.69, 9.17) is 16.3 Å². The monoisotopic (exact) mass is 354 g/mol. The van der Waals surface area contributed by atoms with Crippen LogP contribution in [0.25, 0.3) is 0 Å². The molecule has 0 fully saturated rings. The first-order chi connectivity index (χ1) is 9.54. The summed E-state index contributed by atoms with van der Waals surface area (Å²) in [7, 11) is -5.78. The van der Waals surface area contributed by atoms with Gasteiger partial charge in [-0.05, 0) is 18.2 Å². The Hall–Kier alpha value is -1.12. The van der Waals surface area contributed by atoms with Gasteiger partial charge in [0.15, 0.2) is 15.6 Å². The molecule has 0 unspecified atom stereocenters. The molecule has 0 amide bonds. The van der Waals surface area contributed by atoms with E-state index >= 15 is 0 Å². The molecule has 0 radical (unpaired) electrons. The average molecular weight is 355 g/mol. The summed E-state index contributed by atoms with van der Waals surface area (Å²) in [5.41, 5.74) is 0.128. The molecule has 118 valence electrons. The van der Waals surface area contributed by atoms with E-state index in [1.165, 1.54) is 25.3 Å². The maximum atomic E-state index is 11.9. The van der Waals surface area contributed by atoms with E-state index in [-0.39, 0.29) is 10.6 Å². The first-order valence-electron chi connectivity index (χ1n) is 5.79. The molecule has 0 atom stereocenters. The van der Waals surface area contributed by atoms with E-state index in [0.29, 0.717) is 5.75 Å². The molecule has 0 saturated heterocycles. The number of carbonyl (C=O) groups is 1. The number of sulfone groups is 2. The minimum absolute atomic E-state index is 0.128.